The fourth-order valence-corrected chi connectivity index (χ4v) is 3.51. The molecule has 7 heteroatoms. The van der Waals surface area contributed by atoms with E-state index in [1.54, 1.807) is 34.9 Å². The number of halogens is 1. The molecule has 2 aromatic rings. The average molecular weight is 424 g/mol. The Morgan fingerprint density at radius 2 is 1.93 bits per heavy atom. The Morgan fingerprint density at radius 3 is 2.46 bits per heavy atom. The highest BCUT2D eigenvalue weighted by Gasteiger charge is 2.28. The van der Waals surface area contributed by atoms with Crippen molar-refractivity contribution in [2.75, 3.05) is 13.4 Å². The molecular weight excluding hydrogens is 398 g/mol. The van der Waals surface area contributed by atoms with E-state index < -0.39 is 11.6 Å². The van der Waals surface area contributed by atoms with Gasteiger partial charge in [0, 0.05) is 22.1 Å². The van der Waals surface area contributed by atoms with Crippen LogP contribution in [0.15, 0.2) is 41.3 Å². The highest BCUT2D eigenvalue weighted by atomic mass is 35.5. The summed E-state index contributed by atoms with van der Waals surface area (Å²) in [6.07, 6.45) is 1.53. The van der Waals surface area contributed by atoms with Gasteiger partial charge in [0.05, 0.1) is 25.3 Å². The maximum absolute atomic E-state index is 12.3. The lowest BCUT2D eigenvalue weighted by atomic mass is 10.0. The quantitative estimate of drug-likeness (QED) is 0.602. The van der Waals surface area contributed by atoms with Crippen LogP contribution in [0.4, 0.5) is 4.79 Å². The van der Waals surface area contributed by atoms with Gasteiger partial charge in [-0.25, -0.2) is 4.79 Å². The maximum atomic E-state index is 12.3. The van der Waals surface area contributed by atoms with E-state index in [2.05, 4.69) is 0 Å². The topological polar surface area (TPSA) is 59.0 Å². The van der Waals surface area contributed by atoms with Gasteiger partial charge < -0.3 is 14.6 Å². The number of carbonyl (C=O) groups is 1. The lowest BCUT2D eigenvalue weighted by molar-refractivity contribution is 0.0789. The Labute approximate surface area is 175 Å². The molecule has 0 aliphatic heterocycles. The molecule has 1 N–H and O–H groups in total. The number of carbonyl (C=O) groups excluding carboxylic acids is 1. The Morgan fingerprint density at radius 1 is 1.21 bits per heavy atom. The Hall–Kier alpha value is -1.89. The third-order valence-corrected chi connectivity index (χ3v) is 5.41. The minimum Gasteiger partial charge on any atom is -0.457 e. The number of nitrogens with zero attached hydrogens (tertiary/aromatic N) is 1. The summed E-state index contributed by atoms with van der Waals surface area (Å²) in [6, 6.07) is 10.9. The van der Waals surface area contributed by atoms with Gasteiger partial charge in [-0.1, -0.05) is 17.7 Å². The SMILES string of the molecule is COC(=O)N(Cc1cc(CO)ccc1Oc1ccc(SC)c(Cl)c1)C(C)(C)C. The molecule has 0 aliphatic rings. The molecule has 152 valence electrons. The summed E-state index contributed by atoms with van der Waals surface area (Å²) >= 11 is 7.85. The molecule has 2 rings (SSSR count). The van der Waals surface area contributed by atoms with E-state index in [9.17, 15) is 9.90 Å². The Bertz CT molecular complexity index is 836. The number of aliphatic hydroxyl groups is 1. The van der Waals surface area contributed by atoms with Crippen molar-refractivity contribution in [3.63, 3.8) is 0 Å². The molecule has 5 nitrogen and oxygen atoms in total. The van der Waals surface area contributed by atoms with Crippen LogP contribution in [0.2, 0.25) is 5.02 Å². The van der Waals surface area contributed by atoms with E-state index in [1.807, 2.05) is 45.2 Å². The van der Waals surface area contributed by atoms with Gasteiger partial charge in [0.25, 0.3) is 0 Å². The average Bonchev–Trinajstić information content (AvgIpc) is 2.65. The summed E-state index contributed by atoms with van der Waals surface area (Å²) in [5.74, 6) is 1.18. The number of aliphatic hydroxyl groups excluding tert-OH is 1. The van der Waals surface area contributed by atoms with Crippen LogP contribution < -0.4 is 4.74 Å². The zero-order valence-corrected chi connectivity index (χ0v) is 18.4. The van der Waals surface area contributed by atoms with E-state index in [0.29, 0.717) is 16.5 Å². The molecule has 0 saturated carbocycles. The molecule has 0 radical (unpaired) electrons. The molecule has 0 bridgehead atoms. The van der Waals surface area contributed by atoms with Crippen LogP contribution in [-0.2, 0) is 17.9 Å². The molecule has 1 amide bonds. The number of hydrogen-bond acceptors (Lipinski definition) is 5. The highest BCUT2D eigenvalue weighted by molar-refractivity contribution is 7.98. The van der Waals surface area contributed by atoms with Gasteiger partial charge in [0.1, 0.15) is 11.5 Å². The van der Waals surface area contributed by atoms with Gasteiger partial charge in [-0.05, 0) is 56.9 Å². The first-order chi connectivity index (χ1) is 13.2. The third-order valence-electron chi connectivity index (χ3n) is 4.19. The number of benzene rings is 2. The second-order valence-electron chi connectivity index (χ2n) is 7.23. The van der Waals surface area contributed by atoms with E-state index in [4.69, 9.17) is 21.1 Å². The summed E-state index contributed by atoms with van der Waals surface area (Å²) in [6.45, 7) is 5.97. The maximum Gasteiger partial charge on any atom is 0.410 e. The number of thioether (sulfide) groups is 1. The van der Waals surface area contributed by atoms with Crippen molar-refractivity contribution in [3.05, 3.63) is 52.5 Å². The van der Waals surface area contributed by atoms with Crippen molar-refractivity contribution in [3.8, 4) is 11.5 Å². The highest BCUT2D eigenvalue weighted by Crippen LogP contribution is 2.34. The third kappa shape index (κ3) is 5.56. The van der Waals surface area contributed by atoms with Crippen molar-refractivity contribution < 1.29 is 19.4 Å². The summed E-state index contributed by atoms with van der Waals surface area (Å²) in [5.41, 5.74) is 1.04. The molecule has 0 spiro atoms. The first-order valence-corrected chi connectivity index (χ1v) is 10.4. The summed E-state index contributed by atoms with van der Waals surface area (Å²) in [5, 5.41) is 10.1. The fraction of sp³-hybridized carbons (Fsp3) is 0.381. The van der Waals surface area contributed by atoms with E-state index >= 15 is 0 Å². The predicted octanol–water partition coefficient (Wildman–Crippen LogP) is 5.71. The van der Waals surface area contributed by atoms with Crippen molar-refractivity contribution in [1.29, 1.82) is 0 Å². The predicted molar refractivity (Wildman–Crippen MR) is 113 cm³/mol. The molecule has 0 aromatic heterocycles. The number of rotatable bonds is 6. The van der Waals surface area contributed by atoms with Gasteiger partial charge in [0.15, 0.2) is 0 Å². The van der Waals surface area contributed by atoms with E-state index in [1.165, 1.54) is 7.11 Å². The van der Waals surface area contributed by atoms with Gasteiger partial charge in [-0.3, -0.25) is 4.90 Å². The van der Waals surface area contributed by atoms with Gasteiger partial charge >= 0.3 is 6.09 Å². The van der Waals surface area contributed by atoms with Crippen LogP contribution >= 0.6 is 23.4 Å². The molecule has 0 fully saturated rings. The van der Waals surface area contributed by atoms with Crippen LogP contribution in [-0.4, -0.2) is 35.0 Å². The van der Waals surface area contributed by atoms with Crippen molar-refractivity contribution in [2.24, 2.45) is 0 Å². The van der Waals surface area contributed by atoms with Crippen molar-refractivity contribution in [1.82, 2.24) is 4.90 Å². The smallest absolute Gasteiger partial charge is 0.410 e. The molecule has 2 aromatic carbocycles. The lowest BCUT2D eigenvalue weighted by Crippen LogP contribution is -2.45. The largest absolute Gasteiger partial charge is 0.457 e. The number of hydrogen-bond donors (Lipinski definition) is 1. The monoisotopic (exact) mass is 423 g/mol. The number of methoxy groups -OCH3 is 1. The summed E-state index contributed by atoms with van der Waals surface area (Å²) in [7, 11) is 1.36. The minimum absolute atomic E-state index is 0.102. The normalized spacial score (nSPS) is 11.2. The zero-order valence-electron chi connectivity index (χ0n) is 16.8. The molecule has 0 saturated heterocycles. The molecule has 0 aliphatic carbocycles. The van der Waals surface area contributed by atoms with Crippen LogP contribution in [0, 0.1) is 0 Å². The number of ether oxygens (including phenoxy) is 2. The molecule has 0 unspecified atom stereocenters. The second kappa shape index (κ2) is 9.54. The summed E-state index contributed by atoms with van der Waals surface area (Å²) < 4.78 is 11.0. The van der Waals surface area contributed by atoms with E-state index in [0.717, 1.165) is 16.0 Å². The minimum atomic E-state index is -0.455. The summed E-state index contributed by atoms with van der Waals surface area (Å²) in [4.78, 5) is 14.9. The molecule has 28 heavy (non-hydrogen) atoms. The standard InChI is InChI=1S/C21H26ClNO4S/c1-21(2,3)23(20(25)26-4)12-15-10-14(13-24)6-8-18(15)27-16-7-9-19(28-5)17(22)11-16/h6-11,24H,12-13H2,1-5H3. The number of amides is 1. The Kier molecular flexibility index (Phi) is 7.63. The van der Waals surface area contributed by atoms with Gasteiger partial charge in [0.2, 0.25) is 0 Å². The van der Waals surface area contributed by atoms with Crippen LogP contribution in [0.5, 0.6) is 11.5 Å². The zero-order chi connectivity index (χ0) is 20.9. The first kappa shape index (κ1) is 22.4. The fourth-order valence-electron chi connectivity index (χ4n) is 2.65. The van der Waals surface area contributed by atoms with Crippen LogP contribution in [0.3, 0.4) is 0 Å². The van der Waals surface area contributed by atoms with E-state index in [-0.39, 0.29) is 13.2 Å². The van der Waals surface area contributed by atoms with Crippen LogP contribution in [0.1, 0.15) is 31.9 Å². The second-order valence-corrected chi connectivity index (χ2v) is 8.48. The van der Waals surface area contributed by atoms with Gasteiger partial charge in [-0.15, -0.1) is 11.8 Å². The molecular formula is C21H26ClNO4S. The van der Waals surface area contributed by atoms with Gasteiger partial charge in [-0.2, -0.15) is 0 Å². The first-order valence-electron chi connectivity index (χ1n) is 8.79. The molecule has 0 atom stereocenters. The van der Waals surface area contributed by atoms with Crippen LogP contribution in [0.25, 0.3) is 0 Å². The lowest BCUT2D eigenvalue weighted by Gasteiger charge is -2.34. The Balaban J connectivity index is 2.40. The van der Waals surface area contributed by atoms with Crippen molar-refractivity contribution in [2.45, 2.75) is 44.4 Å². The van der Waals surface area contributed by atoms with Crippen molar-refractivity contribution >= 4 is 29.5 Å². The molecule has 0 heterocycles.